The summed E-state index contributed by atoms with van der Waals surface area (Å²) in [6.45, 7) is 9.24. The Morgan fingerprint density at radius 1 is 1.06 bits per heavy atom. The van der Waals surface area contributed by atoms with Crippen molar-refractivity contribution in [2.75, 3.05) is 38.2 Å². The molecule has 1 amide bonds. The number of guanidine groups is 1. The Balaban J connectivity index is 1.61. The average molecular weight is 439 g/mol. The van der Waals surface area contributed by atoms with Crippen LogP contribution in [0.2, 0.25) is 0 Å². The molecule has 0 fully saturated rings. The largest absolute Gasteiger partial charge is 0.490 e. The maximum absolute atomic E-state index is 12.1. The van der Waals surface area contributed by atoms with Gasteiger partial charge < -0.3 is 25.4 Å². The SMILES string of the molecule is CCNC(=NCC1CC(=O)Nc2ccccc21)NCCc1ccc(OCC)c(OCC)c1. The van der Waals surface area contributed by atoms with E-state index < -0.39 is 0 Å². The van der Waals surface area contributed by atoms with E-state index in [4.69, 9.17) is 14.5 Å². The number of hydrogen-bond acceptors (Lipinski definition) is 4. The molecule has 0 saturated carbocycles. The van der Waals surface area contributed by atoms with Gasteiger partial charge in [0.2, 0.25) is 5.91 Å². The van der Waals surface area contributed by atoms with E-state index in [9.17, 15) is 4.79 Å². The minimum absolute atomic E-state index is 0.0439. The molecule has 1 unspecified atom stereocenters. The van der Waals surface area contributed by atoms with E-state index in [1.54, 1.807) is 0 Å². The van der Waals surface area contributed by atoms with Crippen molar-refractivity contribution >= 4 is 17.6 Å². The number of nitrogens with zero attached hydrogens (tertiary/aromatic N) is 1. The highest BCUT2D eigenvalue weighted by atomic mass is 16.5. The fourth-order valence-electron chi connectivity index (χ4n) is 3.78. The number of carbonyl (C=O) groups is 1. The molecule has 0 aliphatic carbocycles. The van der Waals surface area contributed by atoms with Crippen LogP contribution in [0.4, 0.5) is 5.69 Å². The molecule has 1 atom stereocenters. The molecule has 0 spiro atoms. The van der Waals surface area contributed by atoms with Crippen molar-refractivity contribution in [3.63, 3.8) is 0 Å². The third kappa shape index (κ3) is 6.39. The van der Waals surface area contributed by atoms with Gasteiger partial charge in [-0.15, -0.1) is 0 Å². The van der Waals surface area contributed by atoms with Crippen LogP contribution in [0.1, 0.15) is 44.2 Å². The highest BCUT2D eigenvalue weighted by Crippen LogP contribution is 2.32. The fourth-order valence-corrected chi connectivity index (χ4v) is 3.78. The number of amides is 1. The Morgan fingerprint density at radius 3 is 2.62 bits per heavy atom. The highest BCUT2D eigenvalue weighted by Gasteiger charge is 2.24. The molecule has 1 aliphatic rings. The number of hydrogen-bond donors (Lipinski definition) is 3. The lowest BCUT2D eigenvalue weighted by Crippen LogP contribution is -2.38. The van der Waals surface area contributed by atoms with Crippen LogP contribution in [0.3, 0.4) is 0 Å². The van der Waals surface area contributed by atoms with Crippen molar-refractivity contribution < 1.29 is 14.3 Å². The topological polar surface area (TPSA) is 84.0 Å². The maximum Gasteiger partial charge on any atom is 0.225 e. The summed E-state index contributed by atoms with van der Waals surface area (Å²) in [7, 11) is 0. The van der Waals surface area contributed by atoms with Crippen LogP contribution in [0.25, 0.3) is 0 Å². The van der Waals surface area contributed by atoms with E-state index in [1.165, 1.54) is 0 Å². The highest BCUT2D eigenvalue weighted by molar-refractivity contribution is 5.94. The maximum atomic E-state index is 12.1. The summed E-state index contributed by atoms with van der Waals surface area (Å²) in [5.41, 5.74) is 3.20. The summed E-state index contributed by atoms with van der Waals surface area (Å²) >= 11 is 0. The Bertz CT molecular complexity index is 929. The van der Waals surface area contributed by atoms with Gasteiger partial charge >= 0.3 is 0 Å². The van der Waals surface area contributed by atoms with Gasteiger partial charge in [-0.25, -0.2) is 0 Å². The number of para-hydroxylation sites is 1. The van der Waals surface area contributed by atoms with E-state index >= 15 is 0 Å². The molecule has 172 valence electrons. The Kier molecular flexibility index (Phi) is 8.78. The van der Waals surface area contributed by atoms with Gasteiger partial charge in [-0.1, -0.05) is 24.3 Å². The van der Waals surface area contributed by atoms with Crippen molar-refractivity contribution in [3.05, 3.63) is 53.6 Å². The minimum Gasteiger partial charge on any atom is -0.490 e. The molecule has 0 saturated heterocycles. The monoisotopic (exact) mass is 438 g/mol. The van der Waals surface area contributed by atoms with Crippen molar-refractivity contribution in [3.8, 4) is 11.5 Å². The zero-order chi connectivity index (χ0) is 22.8. The molecular formula is C25H34N4O3. The Hall–Kier alpha value is -3.22. The summed E-state index contributed by atoms with van der Waals surface area (Å²) in [4.78, 5) is 16.8. The third-order valence-corrected chi connectivity index (χ3v) is 5.23. The molecule has 2 aromatic rings. The first-order valence-corrected chi connectivity index (χ1v) is 11.4. The number of carbonyl (C=O) groups excluding carboxylic acids is 1. The molecule has 1 aliphatic heterocycles. The quantitative estimate of drug-likeness (QED) is 0.389. The van der Waals surface area contributed by atoms with E-state index in [1.807, 2.05) is 51.1 Å². The summed E-state index contributed by atoms with van der Waals surface area (Å²) in [5, 5.41) is 9.64. The van der Waals surface area contributed by atoms with E-state index in [0.29, 0.717) is 26.2 Å². The minimum atomic E-state index is 0.0439. The lowest BCUT2D eigenvalue weighted by atomic mass is 9.91. The number of ether oxygens (including phenoxy) is 2. The number of aliphatic imine (C=N–C) groups is 1. The molecule has 0 radical (unpaired) electrons. The summed E-state index contributed by atoms with van der Waals surface area (Å²) in [5.74, 6) is 2.43. The second-order valence-electron chi connectivity index (χ2n) is 7.58. The van der Waals surface area contributed by atoms with Crippen LogP contribution in [0.5, 0.6) is 11.5 Å². The molecule has 32 heavy (non-hydrogen) atoms. The van der Waals surface area contributed by atoms with Crippen LogP contribution in [0, 0.1) is 0 Å². The molecule has 0 bridgehead atoms. The van der Waals surface area contributed by atoms with Gasteiger partial charge in [-0.2, -0.15) is 0 Å². The van der Waals surface area contributed by atoms with Gasteiger partial charge in [0.15, 0.2) is 17.5 Å². The van der Waals surface area contributed by atoms with Gasteiger partial charge in [0, 0.05) is 31.1 Å². The second-order valence-corrected chi connectivity index (χ2v) is 7.58. The molecular weight excluding hydrogens is 404 g/mol. The third-order valence-electron chi connectivity index (χ3n) is 5.23. The fraction of sp³-hybridized carbons (Fsp3) is 0.440. The number of benzene rings is 2. The molecule has 1 heterocycles. The van der Waals surface area contributed by atoms with Gasteiger partial charge in [0.1, 0.15) is 0 Å². The molecule has 7 nitrogen and oxygen atoms in total. The van der Waals surface area contributed by atoms with Crippen LogP contribution in [0.15, 0.2) is 47.5 Å². The van der Waals surface area contributed by atoms with Gasteiger partial charge in [-0.3, -0.25) is 9.79 Å². The lowest BCUT2D eigenvalue weighted by molar-refractivity contribution is -0.116. The first-order valence-electron chi connectivity index (χ1n) is 11.4. The van der Waals surface area contributed by atoms with Crippen LogP contribution in [-0.4, -0.2) is 44.7 Å². The van der Waals surface area contributed by atoms with E-state index in [-0.39, 0.29) is 11.8 Å². The number of nitrogens with one attached hydrogen (secondary N) is 3. The molecule has 3 rings (SSSR count). The molecule has 3 N–H and O–H groups in total. The van der Waals surface area contributed by atoms with Crippen LogP contribution < -0.4 is 25.4 Å². The standard InChI is InChI=1S/C25H34N4O3/c1-4-26-25(28-17-19-16-24(30)29-21-10-8-7-9-20(19)21)27-14-13-18-11-12-22(31-5-2)23(15-18)32-6-3/h7-12,15,19H,4-6,13-14,16-17H2,1-3H3,(H,29,30)(H2,26,27,28). The lowest BCUT2D eigenvalue weighted by Gasteiger charge is -2.24. The smallest absolute Gasteiger partial charge is 0.225 e. The van der Waals surface area contributed by atoms with Crippen molar-refractivity contribution in [2.24, 2.45) is 4.99 Å². The normalized spacial score (nSPS) is 15.5. The van der Waals surface area contributed by atoms with Gasteiger partial charge in [0.25, 0.3) is 0 Å². The number of rotatable bonds is 10. The Labute approximate surface area is 190 Å². The van der Waals surface area contributed by atoms with E-state index in [0.717, 1.165) is 53.8 Å². The zero-order valence-electron chi connectivity index (χ0n) is 19.2. The summed E-state index contributed by atoms with van der Waals surface area (Å²) in [6.07, 6.45) is 1.28. The van der Waals surface area contributed by atoms with Crippen molar-refractivity contribution in [2.45, 2.75) is 39.5 Å². The summed E-state index contributed by atoms with van der Waals surface area (Å²) < 4.78 is 11.4. The van der Waals surface area contributed by atoms with Crippen LogP contribution in [-0.2, 0) is 11.2 Å². The molecule has 0 aromatic heterocycles. The molecule has 2 aromatic carbocycles. The predicted octanol–water partition coefficient (Wildman–Crippen LogP) is 3.71. The number of anilines is 1. The number of fused-ring (bicyclic) bond motifs is 1. The Morgan fingerprint density at radius 2 is 1.84 bits per heavy atom. The van der Waals surface area contributed by atoms with Crippen LogP contribution >= 0.6 is 0 Å². The van der Waals surface area contributed by atoms with Gasteiger partial charge in [0.05, 0.1) is 19.8 Å². The van der Waals surface area contributed by atoms with E-state index in [2.05, 4.69) is 28.1 Å². The van der Waals surface area contributed by atoms with Crippen molar-refractivity contribution in [1.82, 2.24) is 10.6 Å². The van der Waals surface area contributed by atoms with Crippen molar-refractivity contribution in [1.29, 1.82) is 0 Å². The first-order chi connectivity index (χ1) is 15.6. The zero-order valence-corrected chi connectivity index (χ0v) is 19.2. The summed E-state index contributed by atoms with van der Waals surface area (Å²) in [6, 6.07) is 14.0. The predicted molar refractivity (Wildman–Crippen MR) is 129 cm³/mol. The average Bonchev–Trinajstić information content (AvgIpc) is 2.79. The second kappa shape index (κ2) is 12.0. The van der Waals surface area contributed by atoms with Gasteiger partial charge in [-0.05, 0) is 56.5 Å². The first kappa shape index (κ1) is 23.4. The molecule has 7 heteroatoms.